The fourth-order valence-corrected chi connectivity index (χ4v) is 2.44. The highest BCUT2D eigenvalue weighted by atomic mass is 35.5. The van der Waals surface area contributed by atoms with E-state index in [-0.39, 0.29) is 17.9 Å². The normalized spacial score (nSPS) is 23.7. The van der Waals surface area contributed by atoms with Crippen molar-refractivity contribution in [2.75, 3.05) is 5.32 Å². The zero-order valence-electron chi connectivity index (χ0n) is 9.25. The molecule has 1 fully saturated rings. The molecule has 2 unspecified atom stereocenters. The van der Waals surface area contributed by atoms with Crippen LogP contribution >= 0.6 is 23.2 Å². The Balaban J connectivity index is 2.06. The van der Waals surface area contributed by atoms with E-state index in [9.17, 15) is 4.79 Å². The third-order valence-corrected chi connectivity index (χ3v) is 3.87. The minimum atomic E-state index is -0.0258. The van der Waals surface area contributed by atoms with Crippen molar-refractivity contribution < 1.29 is 4.79 Å². The van der Waals surface area contributed by atoms with E-state index in [0.717, 1.165) is 19.3 Å². The van der Waals surface area contributed by atoms with Gasteiger partial charge in [-0.1, -0.05) is 29.3 Å². The van der Waals surface area contributed by atoms with Crippen molar-refractivity contribution in [3.8, 4) is 0 Å². The van der Waals surface area contributed by atoms with Crippen molar-refractivity contribution in [2.45, 2.75) is 25.3 Å². The molecule has 1 amide bonds. The summed E-state index contributed by atoms with van der Waals surface area (Å²) in [5.41, 5.74) is 6.34. The van der Waals surface area contributed by atoms with Crippen molar-refractivity contribution in [3.05, 3.63) is 28.2 Å². The Bertz CT molecular complexity index is 437. The number of rotatable bonds is 2. The maximum atomic E-state index is 12.0. The summed E-state index contributed by atoms with van der Waals surface area (Å²) < 4.78 is 0. The zero-order chi connectivity index (χ0) is 12.4. The number of benzene rings is 1. The lowest BCUT2D eigenvalue weighted by molar-refractivity contribution is -0.119. The van der Waals surface area contributed by atoms with Gasteiger partial charge in [-0.3, -0.25) is 4.79 Å². The molecule has 1 aliphatic carbocycles. The van der Waals surface area contributed by atoms with Crippen LogP contribution in [0.4, 0.5) is 5.69 Å². The molecule has 0 saturated heterocycles. The highest BCUT2D eigenvalue weighted by Crippen LogP contribution is 2.31. The van der Waals surface area contributed by atoms with Crippen LogP contribution in [0, 0.1) is 5.92 Å². The van der Waals surface area contributed by atoms with Crippen molar-refractivity contribution in [1.82, 2.24) is 0 Å². The van der Waals surface area contributed by atoms with Gasteiger partial charge in [0.1, 0.15) is 0 Å². The van der Waals surface area contributed by atoms with E-state index in [4.69, 9.17) is 28.9 Å². The van der Waals surface area contributed by atoms with E-state index in [1.807, 2.05) is 0 Å². The number of hydrogen-bond donors (Lipinski definition) is 2. The van der Waals surface area contributed by atoms with Crippen LogP contribution < -0.4 is 11.1 Å². The maximum Gasteiger partial charge on any atom is 0.227 e. The molecule has 5 heteroatoms. The van der Waals surface area contributed by atoms with Gasteiger partial charge in [0.2, 0.25) is 5.91 Å². The van der Waals surface area contributed by atoms with Gasteiger partial charge in [0.25, 0.3) is 0 Å². The summed E-state index contributed by atoms with van der Waals surface area (Å²) in [6.07, 6.45) is 2.48. The first-order valence-corrected chi connectivity index (χ1v) is 6.34. The Morgan fingerprint density at radius 2 is 2.12 bits per heavy atom. The Morgan fingerprint density at radius 3 is 2.76 bits per heavy atom. The minimum absolute atomic E-state index is 0.0138. The zero-order valence-corrected chi connectivity index (χ0v) is 10.8. The number of carbonyl (C=O) groups excluding carboxylic acids is 1. The summed E-state index contributed by atoms with van der Waals surface area (Å²) in [5.74, 6) is -0.0397. The highest BCUT2D eigenvalue weighted by molar-refractivity contribution is 6.43. The van der Waals surface area contributed by atoms with Gasteiger partial charge in [0, 0.05) is 12.0 Å². The second-order valence-electron chi connectivity index (χ2n) is 4.36. The molecule has 1 aromatic rings. The number of carbonyl (C=O) groups is 1. The van der Waals surface area contributed by atoms with Gasteiger partial charge < -0.3 is 11.1 Å². The van der Waals surface area contributed by atoms with E-state index in [2.05, 4.69) is 5.32 Å². The third kappa shape index (κ3) is 2.92. The first-order chi connectivity index (χ1) is 8.08. The standard InChI is InChI=1S/C12H14Cl2N2O/c13-9-2-1-3-10(11(9)14)16-12(17)7-4-5-8(15)6-7/h1-3,7-8H,4-6,15H2,(H,16,17). The van der Waals surface area contributed by atoms with Crippen LogP contribution in [0.15, 0.2) is 18.2 Å². The second kappa shape index (κ2) is 5.25. The van der Waals surface area contributed by atoms with Crippen molar-refractivity contribution >= 4 is 34.8 Å². The van der Waals surface area contributed by atoms with E-state index in [1.54, 1.807) is 18.2 Å². The molecule has 0 spiro atoms. The number of hydrogen-bond acceptors (Lipinski definition) is 2. The molecule has 17 heavy (non-hydrogen) atoms. The smallest absolute Gasteiger partial charge is 0.227 e. The number of halogens is 2. The molecule has 3 N–H and O–H groups in total. The first-order valence-electron chi connectivity index (χ1n) is 5.58. The van der Waals surface area contributed by atoms with Crippen molar-refractivity contribution in [3.63, 3.8) is 0 Å². The van der Waals surface area contributed by atoms with Gasteiger partial charge in [-0.15, -0.1) is 0 Å². The molecular weight excluding hydrogens is 259 g/mol. The van der Waals surface area contributed by atoms with Crippen molar-refractivity contribution in [1.29, 1.82) is 0 Å². The summed E-state index contributed by atoms with van der Waals surface area (Å²) in [6.45, 7) is 0. The van der Waals surface area contributed by atoms with E-state index >= 15 is 0 Å². The Hall–Kier alpha value is -0.770. The molecule has 0 bridgehead atoms. The van der Waals surface area contributed by atoms with E-state index < -0.39 is 0 Å². The fourth-order valence-electron chi connectivity index (χ4n) is 2.09. The third-order valence-electron chi connectivity index (χ3n) is 3.05. The first kappa shape index (κ1) is 12.7. The van der Waals surface area contributed by atoms with Gasteiger partial charge in [-0.25, -0.2) is 0 Å². The summed E-state index contributed by atoms with van der Waals surface area (Å²) in [4.78, 5) is 12.0. The lowest BCUT2D eigenvalue weighted by Crippen LogP contribution is -2.23. The van der Waals surface area contributed by atoms with Crippen LogP contribution in [-0.4, -0.2) is 11.9 Å². The van der Waals surface area contributed by atoms with Crippen LogP contribution in [0.2, 0.25) is 10.0 Å². The minimum Gasteiger partial charge on any atom is -0.328 e. The fraction of sp³-hybridized carbons (Fsp3) is 0.417. The van der Waals surface area contributed by atoms with Gasteiger partial charge in [0.15, 0.2) is 0 Å². The van der Waals surface area contributed by atoms with Gasteiger partial charge >= 0.3 is 0 Å². The summed E-state index contributed by atoms with van der Waals surface area (Å²) in [6, 6.07) is 5.32. The van der Waals surface area contributed by atoms with Gasteiger partial charge in [-0.2, -0.15) is 0 Å². The maximum absolute atomic E-state index is 12.0. The number of nitrogens with one attached hydrogen (secondary N) is 1. The molecule has 92 valence electrons. The lowest BCUT2D eigenvalue weighted by Gasteiger charge is -2.12. The number of anilines is 1. The predicted molar refractivity (Wildman–Crippen MR) is 70.4 cm³/mol. The van der Waals surface area contributed by atoms with Crippen LogP contribution in [-0.2, 0) is 4.79 Å². The molecule has 0 heterocycles. The molecule has 0 aliphatic heterocycles. The summed E-state index contributed by atoms with van der Waals surface area (Å²) >= 11 is 11.9. The summed E-state index contributed by atoms with van der Waals surface area (Å²) in [7, 11) is 0. The molecule has 0 radical (unpaired) electrons. The van der Waals surface area contributed by atoms with Crippen LogP contribution in [0.3, 0.4) is 0 Å². The largest absolute Gasteiger partial charge is 0.328 e. The van der Waals surface area contributed by atoms with Gasteiger partial charge in [-0.05, 0) is 31.4 Å². The predicted octanol–water partition coefficient (Wildman–Crippen LogP) is 3.06. The number of nitrogens with two attached hydrogens (primary N) is 1. The average Bonchev–Trinajstić information content (AvgIpc) is 2.72. The Morgan fingerprint density at radius 1 is 1.35 bits per heavy atom. The second-order valence-corrected chi connectivity index (χ2v) is 5.15. The monoisotopic (exact) mass is 272 g/mol. The quantitative estimate of drug-likeness (QED) is 0.870. The van der Waals surface area contributed by atoms with E-state index in [0.29, 0.717) is 15.7 Å². The SMILES string of the molecule is NC1CCC(C(=O)Nc2cccc(Cl)c2Cl)C1. The molecule has 1 saturated carbocycles. The Labute approximate surface area is 110 Å². The van der Waals surface area contributed by atoms with Crippen LogP contribution in [0.25, 0.3) is 0 Å². The molecule has 2 rings (SSSR count). The molecule has 3 nitrogen and oxygen atoms in total. The van der Waals surface area contributed by atoms with Crippen molar-refractivity contribution in [2.24, 2.45) is 11.7 Å². The molecule has 2 atom stereocenters. The summed E-state index contributed by atoms with van der Waals surface area (Å²) in [5, 5.41) is 3.62. The van der Waals surface area contributed by atoms with E-state index in [1.165, 1.54) is 0 Å². The molecule has 1 aliphatic rings. The topological polar surface area (TPSA) is 55.1 Å². The van der Waals surface area contributed by atoms with Crippen LogP contribution in [0.5, 0.6) is 0 Å². The number of amides is 1. The lowest BCUT2D eigenvalue weighted by atomic mass is 10.1. The average molecular weight is 273 g/mol. The highest BCUT2D eigenvalue weighted by Gasteiger charge is 2.28. The molecular formula is C12H14Cl2N2O. The molecule has 0 aromatic heterocycles. The Kier molecular flexibility index (Phi) is 3.92. The van der Waals surface area contributed by atoms with Gasteiger partial charge in [0.05, 0.1) is 15.7 Å². The van der Waals surface area contributed by atoms with Crippen LogP contribution in [0.1, 0.15) is 19.3 Å². The molecule has 1 aromatic carbocycles.